The molecular formula is C20H33N3O2. The number of carbonyl (C=O) groups excluding carboxylic acids is 1. The SMILES string of the molecule is Cc1cccc(CN2CCC(NC(=O)NCC(C)(C)CCO)CC2)c1. The molecule has 1 fully saturated rings. The van der Waals surface area contributed by atoms with Gasteiger partial charge in [-0.3, -0.25) is 4.90 Å². The highest BCUT2D eigenvalue weighted by Crippen LogP contribution is 2.18. The highest BCUT2D eigenvalue weighted by Gasteiger charge is 2.22. The summed E-state index contributed by atoms with van der Waals surface area (Å²) in [7, 11) is 0. The number of hydrogen-bond acceptors (Lipinski definition) is 3. The number of nitrogens with zero attached hydrogens (tertiary/aromatic N) is 1. The molecular weight excluding hydrogens is 314 g/mol. The topological polar surface area (TPSA) is 64.6 Å². The van der Waals surface area contributed by atoms with Crippen LogP contribution in [0, 0.1) is 12.3 Å². The zero-order valence-electron chi connectivity index (χ0n) is 15.8. The maximum atomic E-state index is 12.1. The monoisotopic (exact) mass is 347 g/mol. The summed E-state index contributed by atoms with van der Waals surface area (Å²) in [6.07, 6.45) is 2.66. The molecule has 1 aromatic rings. The number of likely N-dealkylation sites (tertiary alicyclic amines) is 1. The molecule has 0 bridgehead atoms. The lowest BCUT2D eigenvalue weighted by molar-refractivity contribution is 0.181. The second-order valence-electron chi connectivity index (χ2n) is 8.00. The summed E-state index contributed by atoms with van der Waals surface area (Å²) in [6, 6.07) is 8.81. The number of aryl methyl sites for hydroxylation is 1. The molecule has 0 aromatic heterocycles. The Kier molecular flexibility index (Phi) is 7.26. The smallest absolute Gasteiger partial charge is 0.315 e. The maximum absolute atomic E-state index is 12.1. The van der Waals surface area contributed by atoms with Gasteiger partial charge in [0.1, 0.15) is 0 Å². The zero-order valence-corrected chi connectivity index (χ0v) is 15.8. The van der Waals surface area contributed by atoms with E-state index in [1.165, 1.54) is 11.1 Å². The Hall–Kier alpha value is -1.59. The molecule has 1 saturated heterocycles. The van der Waals surface area contributed by atoms with Crippen LogP contribution in [-0.4, -0.2) is 48.3 Å². The standard InChI is InChI=1S/C20H33N3O2/c1-16-5-4-6-17(13-16)14-23-10-7-18(8-11-23)22-19(25)21-15-20(2,3)9-12-24/h4-6,13,18,24H,7-12,14-15H2,1-3H3,(H2,21,22,25). The molecule has 1 aromatic carbocycles. The first-order valence-corrected chi connectivity index (χ1v) is 9.31. The van der Waals surface area contributed by atoms with Crippen LogP contribution < -0.4 is 10.6 Å². The number of benzene rings is 1. The van der Waals surface area contributed by atoms with E-state index in [0.717, 1.165) is 32.5 Å². The van der Waals surface area contributed by atoms with Gasteiger partial charge in [-0.15, -0.1) is 0 Å². The van der Waals surface area contributed by atoms with Crippen LogP contribution in [0.15, 0.2) is 24.3 Å². The van der Waals surface area contributed by atoms with Crippen molar-refractivity contribution in [3.05, 3.63) is 35.4 Å². The van der Waals surface area contributed by atoms with Crippen molar-refractivity contribution in [3.63, 3.8) is 0 Å². The summed E-state index contributed by atoms with van der Waals surface area (Å²) in [5.41, 5.74) is 2.58. The Bertz CT molecular complexity index is 552. The molecule has 5 heteroatoms. The van der Waals surface area contributed by atoms with E-state index in [-0.39, 0.29) is 24.1 Å². The molecule has 0 atom stereocenters. The zero-order chi connectivity index (χ0) is 18.3. The molecule has 0 aliphatic carbocycles. The number of aliphatic hydroxyl groups excluding tert-OH is 1. The first-order chi connectivity index (χ1) is 11.9. The molecule has 0 radical (unpaired) electrons. The average Bonchev–Trinajstić information content (AvgIpc) is 2.55. The van der Waals surface area contributed by atoms with E-state index in [1.807, 2.05) is 13.8 Å². The maximum Gasteiger partial charge on any atom is 0.315 e. The normalized spacial score (nSPS) is 16.6. The van der Waals surface area contributed by atoms with Crippen LogP contribution in [0.4, 0.5) is 4.79 Å². The van der Waals surface area contributed by atoms with Crippen molar-refractivity contribution in [1.29, 1.82) is 0 Å². The van der Waals surface area contributed by atoms with E-state index in [9.17, 15) is 4.79 Å². The van der Waals surface area contributed by atoms with E-state index in [1.54, 1.807) is 0 Å². The number of aliphatic hydroxyl groups is 1. The Labute approximate surface area is 151 Å². The highest BCUT2D eigenvalue weighted by atomic mass is 16.3. The van der Waals surface area contributed by atoms with Crippen LogP contribution in [0.5, 0.6) is 0 Å². The fraction of sp³-hybridized carbons (Fsp3) is 0.650. The predicted octanol–water partition coefficient (Wildman–Crippen LogP) is 2.67. The molecule has 3 N–H and O–H groups in total. The van der Waals surface area contributed by atoms with Crippen molar-refractivity contribution >= 4 is 6.03 Å². The van der Waals surface area contributed by atoms with Crippen LogP contribution in [-0.2, 0) is 6.54 Å². The van der Waals surface area contributed by atoms with Crippen LogP contribution in [0.2, 0.25) is 0 Å². The predicted molar refractivity (Wildman–Crippen MR) is 101 cm³/mol. The van der Waals surface area contributed by atoms with Crippen LogP contribution >= 0.6 is 0 Å². The van der Waals surface area contributed by atoms with Crippen molar-refractivity contribution in [2.45, 2.75) is 52.6 Å². The highest BCUT2D eigenvalue weighted by molar-refractivity contribution is 5.74. The summed E-state index contributed by atoms with van der Waals surface area (Å²) >= 11 is 0. The third kappa shape index (κ3) is 7.04. The van der Waals surface area contributed by atoms with Gasteiger partial charge in [0.15, 0.2) is 0 Å². The largest absolute Gasteiger partial charge is 0.396 e. The molecule has 1 heterocycles. The lowest BCUT2D eigenvalue weighted by Crippen LogP contribution is -2.49. The van der Waals surface area contributed by atoms with Gasteiger partial charge < -0.3 is 15.7 Å². The minimum atomic E-state index is -0.0943. The second kappa shape index (κ2) is 9.20. The second-order valence-corrected chi connectivity index (χ2v) is 8.00. The Morgan fingerprint density at radius 3 is 2.68 bits per heavy atom. The van der Waals surface area contributed by atoms with Crippen molar-refractivity contribution in [1.82, 2.24) is 15.5 Å². The van der Waals surface area contributed by atoms with Crippen LogP contribution in [0.1, 0.15) is 44.2 Å². The number of hydrogen-bond donors (Lipinski definition) is 3. The fourth-order valence-electron chi connectivity index (χ4n) is 3.25. The van der Waals surface area contributed by atoms with Gasteiger partial charge in [0.2, 0.25) is 0 Å². The first kappa shape index (κ1) is 19.7. The molecule has 25 heavy (non-hydrogen) atoms. The summed E-state index contributed by atoms with van der Waals surface area (Å²) in [5.74, 6) is 0. The van der Waals surface area contributed by atoms with Gasteiger partial charge in [-0.25, -0.2) is 4.79 Å². The van der Waals surface area contributed by atoms with Gasteiger partial charge in [0.25, 0.3) is 0 Å². The van der Waals surface area contributed by atoms with Crippen molar-refractivity contribution in [2.24, 2.45) is 5.41 Å². The number of urea groups is 1. The number of rotatable bonds is 7. The van der Waals surface area contributed by atoms with E-state index < -0.39 is 0 Å². The lowest BCUT2D eigenvalue weighted by Gasteiger charge is -2.32. The molecule has 2 amide bonds. The Morgan fingerprint density at radius 2 is 2.04 bits per heavy atom. The molecule has 5 nitrogen and oxygen atoms in total. The average molecular weight is 348 g/mol. The molecule has 140 valence electrons. The minimum absolute atomic E-state index is 0.0801. The Balaban J connectivity index is 1.68. The third-order valence-corrected chi connectivity index (χ3v) is 4.93. The molecule has 2 rings (SSSR count). The van der Waals surface area contributed by atoms with Crippen molar-refractivity contribution in [2.75, 3.05) is 26.2 Å². The molecule has 1 aliphatic heterocycles. The number of piperidine rings is 1. The summed E-state index contributed by atoms with van der Waals surface area (Å²) in [6.45, 7) is 9.95. The quantitative estimate of drug-likeness (QED) is 0.710. The summed E-state index contributed by atoms with van der Waals surface area (Å²) in [5, 5.41) is 15.1. The molecule has 0 spiro atoms. The van der Waals surface area contributed by atoms with Crippen molar-refractivity contribution in [3.8, 4) is 0 Å². The van der Waals surface area contributed by atoms with Crippen molar-refractivity contribution < 1.29 is 9.90 Å². The minimum Gasteiger partial charge on any atom is -0.396 e. The first-order valence-electron chi connectivity index (χ1n) is 9.31. The van der Waals surface area contributed by atoms with Gasteiger partial charge in [-0.2, -0.15) is 0 Å². The molecule has 0 unspecified atom stereocenters. The van der Waals surface area contributed by atoms with Gasteiger partial charge in [0.05, 0.1) is 0 Å². The van der Waals surface area contributed by atoms with E-state index in [0.29, 0.717) is 13.0 Å². The van der Waals surface area contributed by atoms with E-state index in [4.69, 9.17) is 5.11 Å². The molecule has 0 saturated carbocycles. The fourth-order valence-corrected chi connectivity index (χ4v) is 3.25. The van der Waals surface area contributed by atoms with Crippen LogP contribution in [0.3, 0.4) is 0 Å². The van der Waals surface area contributed by atoms with Gasteiger partial charge in [-0.05, 0) is 37.2 Å². The van der Waals surface area contributed by atoms with Crippen LogP contribution in [0.25, 0.3) is 0 Å². The van der Waals surface area contributed by atoms with Gasteiger partial charge in [0, 0.05) is 38.8 Å². The molecule has 1 aliphatic rings. The van der Waals surface area contributed by atoms with E-state index >= 15 is 0 Å². The summed E-state index contributed by atoms with van der Waals surface area (Å²) < 4.78 is 0. The van der Waals surface area contributed by atoms with Gasteiger partial charge >= 0.3 is 6.03 Å². The number of nitrogens with one attached hydrogen (secondary N) is 2. The number of amides is 2. The lowest BCUT2D eigenvalue weighted by atomic mass is 9.90. The van der Waals surface area contributed by atoms with E-state index in [2.05, 4.69) is 46.7 Å². The van der Waals surface area contributed by atoms with Gasteiger partial charge in [-0.1, -0.05) is 43.7 Å². The third-order valence-electron chi connectivity index (χ3n) is 4.93. The Morgan fingerprint density at radius 1 is 1.32 bits per heavy atom. The summed E-state index contributed by atoms with van der Waals surface area (Å²) in [4.78, 5) is 14.5. The number of carbonyl (C=O) groups is 1.